The molecule has 13 nitrogen and oxygen atoms in total. The standard InChI is InChI=1S/C18H26N10O3.2ClH/c1-27-9-11(6-12(27)16(30)23-4-3-14(19)20)26-17(31)13-5-10(8-28(13)2)25-15(29)7-24-18(21)22;;/h5-6,8-9H,3-4,7H2,1-2H3,(H3,19,20)(H,23,30)(H,25,29)(H,26,31)(H4,21,22,24);2*1H. The first kappa shape index (κ1) is 29.3. The Morgan fingerprint density at radius 1 is 0.939 bits per heavy atom. The van der Waals surface area contributed by atoms with Gasteiger partial charge < -0.3 is 42.3 Å². The Kier molecular flexibility index (Phi) is 11.5. The summed E-state index contributed by atoms with van der Waals surface area (Å²) in [5.41, 5.74) is 17.1. The zero-order chi connectivity index (χ0) is 23.1. The van der Waals surface area contributed by atoms with E-state index in [-0.39, 0.29) is 67.7 Å². The second kappa shape index (κ2) is 13.0. The predicted octanol–water partition coefficient (Wildman–Crippen LogP) is -0.273. The summed E-state index contributed by atoms with van der Waals surface area (Å²) in [6, 6.07) is 3.03. The van der Waals surface area contributed by atoms with Crippen LogP contribution in [0.5, 0.6) is 0 Å². The molecular formula is C18H28Cl2N10O3. The van der Waals surface area contributed by atoms with Crippen molar-refractivity contribution in [2.45, 2.75) is 6.42 Å². The van der Waals surface area contributed by atoms with Crippen LogP contribution in [0.3, 0.4) is 0 Å². The lowest BCUT2D eigenvalue weighted by Gasteiger charge is -2.04. The van der Waals surface area contributed by atoms with Gasteiger partial charge >= 0.3 is 0 Å². The van der Waals surface area contributed by atoms with Gasteiger partial charge in [0, 0.05) is 39.5 Å². The maximum atomic E-state index is 12.6. The summed E-state index contributed by atoms with van der Waals surface area (Å²) in [7, 11) is 3.32. The first-order valence-corrected chi connectivity index (χ1v) is 9.17. The normalized spacial score (nSPS) is 9.64. The number of rotatable bonds is 9. The molecule has 3 amide bonds. The van der Waals surface area contributed by atoms with Crippen molar-refractivity contribution in [2.24, 2.45) is 36.3 Å². The van der Waals surface area contributed by atoms with Crippen LogP contribution >= 0.6 is 24.8 Å². The minimum atomic E-state index is -0.436. The van der Waals surface area contributed by atoms with Gasteiger partial charge in [0.15, 0.2) is 5.96 Å². The topological polar surface area (TPSA) is 211 Å². The summed E-state index contributed by atoms with van der Waals surface area (Å²) in [6.07, 6.45) is 3.41. The van der Waals surface area contributed by atoms with Crippen molar-refractivity contribution >= 4 is 65.7 Å². The Morgan fingerprint density at radius 2 is 1.45 bits per heavy atom. The van der Waals surface area contributed by atoms with E-state index in [2.05, 4.69) is 20.9 Å². The number of hydrogen-bond acceptors (Lipinski definition) is 5. The molecule has 0 radical (unpaired) electrons. The molecule has 2 aromatic heterocycles. The highest BCUT2D eigenvalue weighted by atomic mass is 35.5. The molecule has 0 aliphatic carbocycles. The molecule has 0 spiro atoms. The third-order valence-electron chi connectivity index (χ3n) is 4.10. The molecule has 0 unspecified atom stereocenters. The Bertz CT molecular complexity index is 1040. The highest BCUT2D eigenvalue weighted by Crippen LogP contribution is 2.17. The number of carbonyl (C=O) groups is 3. The fourth-order valence-corrected chi connectivity index (χ4v) is 2.68. The maximum Gasteiger partial charge on any atom is 0.272 e. The molecule has 15 heteroatoms. The highest BCUT2D eigenvalue weighted by Gasteiger charge is 2.17. The third kappa shape index (κ3) is 8.74. The van der Waals surface area contributed by atoms with Gasteiger partial charge in [0.2, 0.25) is 5.91 Å². The number of amides is 3. The lowest BCUT2D eigenvalue weighted by molar-refractivity contribution is -0.114. The van der Waals surface area contributed by atoms with Crippen molar-refractivity contribution in [3.63, 3.8) is 0 Å². The van der Waals surface area contributed by atoms with E-state index < -0.39 is 11.8 Å². The molecule has 33 heavy (non-hydrogen) atoms. The van der Waals surface area contributed by atoms with E-state index in [1.807, 2.05) is 0 Å². The summed E-state index contributed by atoms with van der Waals surface area (Å²) < 4.78 is 3.11. The van der Waals surface area contributed by atoms with Crippen molar-refractivity contribution in [3.05, 3.63) is 35.9 Å². The van der Waals surface area contributed by atoms with Gasteiger partial charge in [-0.1, -0.05) is 0 Å². The van der Waals surface area contributed by atoms with E-state index in [9.17, 15) is 14.4 Å². The highest BCUT2D eigenvalue weighted by molar-refractivity contribution is 6.05. The number of aryl methyl sites for hydroxylation is 2. The third-order valence-corrected chi connectivity index (χ3v) is 4.10. The minimum Gasteiger partial charge on any atom is -0.388 e. The van der Waals surface area contributed by atoms with Crippen LogP contribution in [0.1, 0.15) is 27.4 Å². The molecule has 10 N–H and O–H groups in total. The van der Waals surface area contributed by atoms with Gasteiger partial charge in [0.1, 0.15) is 17.9 Å². The Balaban J connectivity index is 0.00000512. The van der Waals surface area contributed by atoms with E-state index in [4.69, 9.17) is 22.6 Å². The average Bonchev–Trinajstić information content (AvgIpc) is 3.21. The zero-order valence-electron chi connectivity index (χ0n) is 18.0. The van der Waals surface area contributed by atoms with Crippen molar-refractivity contribution < 1.29 is 14.4 Å². The number of nitrogens with one attached hydrogen (secondary N) is 4. The number of amidine groups is 1. The van der Waals surface area contributed by atoms with Crippen molar-refractivity contribution in [3.8, 4) is 0 Å². The molecule has 2 aromatic rings. The van der Waals surface area contributed by atoms with E-state index in [1.54, 1.807) is 35.6 Å². The molecule has 2 rings (SSSR count). The molecule has 0 saturated carbocycles. The Hall–Kier alpha value is -3.71. The van der Waals surface area contributed by atoms with Crippen LogP contribution in [-0.2, 0) is 18.9 Å². The molecule has 0 aliphatic heterocycles. The fourth-order valence-electron chi connectivity index (χ4n) is 2.68. The van der Waals surface area contributed by atoms with Crippen LogP contribution < -0.4 is 33.2 Å². The monoisotopic (exact) mass is 502 g/mol. The minimum absolute atomic E-state index is 0. The first-order valence-electron chi connectivity index (χ1n) is 9.17. The number of guanidine groups is 1. The maximum absolute atomic E-state index is 12.6. The number of halogens is 2. The van der Waals surface area contributed by atoms with Gasteiger partial charge in [-0.05, 0) is 12.1 Å². The Labute approximate surface area is 202 Å². The van der Waals surface area contributed by atoms with E-state index in [1.165, 1.54) is 12.1 Å². The SMILES string of the molecule is Cl.Cl.Cn1cc(NC(=O)c2cc(NC(=O)CN=C(N)N)cn2C)cc1C(=O)NCCC(=N)N. The summed E-state index contributed by atoms with van der Waals surface area (Å²) in [6.45, 7) is 0.00208. The zero-order valence-corrected chi connectivity index (χ0v) is 19.7. The van der Waals surface area contributed by atoms with Crippen LogP contribution in [-0.4, -0.2) is 51.7 Å². The molecule has 182 valence electrons. The first-order chi connectivity index (χ1) is 14.6. The smallest absolute Gasteiger partial charge is 0.272 e. The average molecular weight is 503 g/mol. The van der Waals surface area contributed by atoms with Gasteiger partial charge in [0.05, 0.1) is 17.2 Å². The van der Waals surface area contributed by atoms with Crippen molar-refractivity contribution in [1.29, 1.82) is 5.41 Å². The number of nitrogens with two attached hydrogens (primary N) is 3. The Morgan fingerprint density at radius 3 is 1.97 bits per heavy atom. The summed E-state index contributed by atoms with van der Waals surface area (Å²) >= 11 is 0. The molecule has 0 bridgehead atoms. The molecule has 0 atom stereocenters. The molecule has 0 fully saturated rings. The molecule has 2 heterocycles. The lowest BCUT2D eigenvalue weighted by Crippen LogP contribution is -2.28. The summed E-state index contributed by atoms with van der Waals surface area (Å²) in [5, 5.41) is 15.1. The number of nitrogens with zero attached hydrogens (tertiary/aromatic N) is 3. The second-order valence-electron chi connectivity index (χ2n) is 6.72. The quantitative estimate of drug-likeness (QED) is 0.181. The number of anilines is 2. The van der Waals surface area contributed by atoms with Gasteiger partial charge in [0.25, 0.3) is 11.8 Å². The second-order valence-corrected chi connectivity index (χ2v) is 6.72. The number of carbonyl (C=O) groups excluding carboxylic acids is 3. The predicted molar refractivity (Wildman–Crippen MR) is 131 cm³/mol. The molecule has 0 aromatic carbocycles. The fraction of sp³-hybridized carbons (Fsp3) is 0.278. The van der Waals surface area contributed by atoms with E-state index >= 15 is 0 Å². The van der Waals surface area contributed by atoms with E-state index in [0.717, 1.165) is 0 Å². The van der Waals surface area contributed by atoms with Crippen LogP contribution in [0.15, 0.2) is 29.5 Å². The summed E-state index contributed by atoms with van der Waals surface area (Å²) in [5.74, 6) is -1.43. The number of hydrogen-bond donors (Lipinski definition) is 7. The van der Waals surface area contributed by atoms with Crippen molar-refractivity contribution in [2.75, 3.05) is 23.7 Å². The lowest BCUT2D eigenvalue weighted by atomic mass is 10.3. The van der Waals surface area contributed by atoms with Gasteiger partial charge in [-0.15, -0.1) is 24.8 Å². The molecular weight excluding hydrogens is 475 g/mol. The van der Waals surface area contributed by atoms with Crippen LogP contribution in [0.25, 0.3) is 0 Å². The van der Waals surface area contributed by atoms with Crippen LogP contribution in [0, 0.1) is 5.41 Å². The molecule has 0 aliphatic rings. The van der Waals surface area contributed by atoms with Crippen molar-refractivity contribution in [1.82, 2.24) is 14.5 Å². The molecule has 0 saturated heterocycles. The van der Waals surface area contributed by atoms with Crippen LogP contribution in [0.4, 0.5) is 11.4 Å². The van der Waals surface area contributed by atoms with Gasteiger partial charge in [-0.3, -0.25) is 19.8 Å². The number of aliphatic imine (C=N–C) groups is 1. The van der Waals surface area contributed by atoms with Gasteiger partial charge in [-0.25, -0.2) is 4.99 Å². The summed E-state index contributed by atoms with van der Waals surface area (Å²) in [4.78, 5) is 40.3. The van der Waals surface area contributed by atoms with Gasteiger partial charge in [-0.2, -0.15) is 0 Å². The largest absolute Gasteiger partial charge is 0.388 e. The van der Waals surface area contributed by atoms with E-state index in [0.29, 0.717) is 17.1 Å². The number of aromatic nitrogens is 2. The van der Waals surface area contributed by atoms with Crippen LogP contribution in [0.2, 0.25) is 0 Å².